The molecular weight excluding hydrogens is 306 g/mol. The highest BCUT2D eigenvalue weighted by atomic mass is 35.5. The molecule has 1 N–H and O–H groups in total. The van der Waals surface area contributed by atoms with E-state index < -0.39 is 11.7 Å². The van der Waals surface area contributed by atoms with E-state index >= 15 is 0 Å². The molecule has 0 radical (unpaired) electrons. The molecule has 1 aliphatic carbocycles. The predicted molar refractivity (Wildman–Crippen MR) is 84.9 cm³/mol. The highest BCUT2D eigenvalue weighted by Gasteiger charge is 2.23. The average Bonchev–Trinajstić information content (AvgIpc) is 3.20. The number of benzene rings is 1. The summed E-state index contributed by atoms with van der Waals surface area (Å²) >= 11 is 6.10. The number of hydrogen-bond acceptors (Lipinski definition) is 4. The van der Waals surface area contributed by atoms with E-state index in [4.69, 9.17) is 21.1 Å². The fourth-order valence-corrected chi connectivity index (χ4v) is 2.02. The first-order valence-corrected chi connectivity index (χ1v) is 7.58. The maximum absolute atomic E-state index is 11.8. The number of rotatable bonds is 5. The van der Waals surface area contributed by atoms with Gasteiger partial charge in [0.05, 0.1) is 17.3 Å². The first-order valence-electron chi connectivity index (χ1n) is 7.20. The summed E-state index contributed by atoms with van der Waals surface area (Å²) < 4.78 is 10.8. The zero-order chi connectivity index (χ0) is 16.3. The zero-order valence-electron chi connectivity index (χ0n) is 12.9. The van der Waals surface area contributed by atoms with Gasteiger partial charge in [-0.3, -0.25) is 10.1 Å². The van der Waals surface area contributed by atoms with Crippen molar-refractivity contribution in [2.24, 2.45) is 5.92 Å². The Balaban J connectivity index is 2.14. The van der Waals surface area contributed by atoms with E-state index in [0.29, 0.717) is 35.3 Å². The fourth-order valence-electron chi connectivity index (χ4n) is 1.79. The second-order valence-corrected chi connectivity index (χ2v) is 6.78. The Labute approximate surface area is 134 Å². The molecule has 0 bridgehead atoms. The largest absolute Gasteiger partial charge is 0.492 e. The summed E-state index contributed by atoms with van der Waals surface area (Å²) in [5, 5.41) is 2.90. The van der Waals surface area contributed by atoms with Gasteiger partial charge in [0, 0.05) is 11.6 Å². The van der Waals surface area contributed by atoms with Crippen molar-refractivity contribution in [1.29, 1.82) is 0 Å². The summed E-state index contributed by atoms with van der Waals surface area (Å²) in [5.74, 6) is 1.02. The third-order valence-electron chi connectivity index (χ3n) is 3.04. The third-order valence-corrected chi connectivity index (χ3v) is 3.33. The Morgan fingerprint density at radius 2 is 2.09 bits per heavy atom. The molecule has 0 aromatic heterocycles. The number of nitrogens with one attached hydrogen (secondary N) is 1. The molecule has 0 saturated heterocycles. The SMILES string of the molecule is CC(C)(C)OC(=O)Nc1cc(OCC2CC2)c(Cl)cc1C=O. The number of amides is 1. The van der Waals surface area contributed by atoms with Gasteiger partial charge >= 0.3 is 6.09 Å². The van der Waals surface area contributed by atoms with Gasteiger partial charge < -0.3 is 9.47 Å². The molecule has 6 heteroatoms. The van der Waals surface area contributed by atoms with Crippen LogP contribution in [0.3, 0.4) is 0 Å². The Hall–Kier alpha value is -1.75. The first kappa shape index (κ1) is 16.6. The quantitative estimate of drug-likeness (QED) is 0.820. The van der Waals surface area contributed by atoms with E-state index in [1.54, 1.807) is 26.8 Å². The van der Waals surface area contributed by atoms with Crippen molar-refractivity contribution >= 4 is 29.7 Å². The first-order chi connectivity index (χ1) is 10.3. The molecule has 5 nitrogen and oxygen atoms in total. The van der Waals surface area contributed by atoms with Gasteiger partial charge in [-0.1, -0.05) is 11.6 Å². The van der Waals surface area contributed by atoms with Crippen molar-refractivity contribution in [2.45, 2.75) is 39.2 Å². The topological polar surface area (TPSA) is 64.6 Å². The Morgan fingerprint density at radius 3 is 2.64 bits per heavy atom. The molecule has 1 saturated carbocycles. The van der Waals surface area contributed by atoms with E-state index in [9.17, 15) is 9.59 Å². The molecule has 1 amide bonds. The standard InChI is InChI=1S/C16H20ClNO4/c1-16(2,3)22-15(20)18-13-7-14(21-9-10-4-5-10)12(17)6-11(13)8-19/h6-8,10H,4-5,9H2,1-3H3,(H,18,20). The van der Waals surface area contributed by atoms with E-state index in [0.717, 1.165) is 12.8 Å². The summed E-state index contributed by atoms with van der Waals surface area (Å²) in [5.41, 5.74) is -0.0301. The molecule has 1 aromatic carbocycles. The lowest BCUT2D eigenvalue weighted by atomic mass is 10.2. The van der Waals surface area contributed by atoms with E-state index in [-0.39, 0.29) is 5.56 Å². The van der Waals surface area contributed by atoms with Crippen LogP contribution in [0.5, 0.6) is 5.75 Å². The zero-order valence-corrected chi connectivity index (χ0v) is 13.7. The van der Waals surface area contributed by atoms with Crippen molar-refractivity contribution < 1.29 is 19.1 Å². The molecule has 0 unspecified atom stereocenters. The van der Waals surface area contributed by atoms with Crippen molar-refractivity contribution in [3.63, 3.8) is 0 Å². The molecule has 2 rings (SSSR count). The molecule has 120 valence electrons. The second kappa shape index (κ2) is 6.57. The van der Waals surface area contributed by atoms with Gasteiger partial charge in [-0.15, -0.1) is 0 Å². The third kappa shape index (κ3) is 4.91. The molecule has 1 aromatic rings. The molecule has 1 aliphatic rings. The number of aldehydes is 1. The molecule has 0 spiro atoms. The van der Waals surface area contributed by atoms with Crippen LogP contribution in [0.1, 0.15) is 44.0 Å². The van der Waals surface area contributed by atoms with Gasteiger partial charge in [0.2, 0.25) is 0 Å². The molecule has 0 atom stereocenters. The minimum absolute atomic E-state index is 0.273. The fraction of sp³-hybridized carbons (Fsp3) is 0.500. The Kier molecular flexibility index (Phi) is 4.96. The monoisotopic (exact) mass is 325 g/mol. The summed E-state index contributed by atoms with van der Waals surface area (Å²) in [6.45, 7) is 5.88. The van der Waals surface area contributed by atoms with Gasteiger partial charge in [0.25, 0.3) is 0 Å². The van der Waals surface area contributed by atoms with Crippen LogP contribution in [0.4, 0.5) is 10.5 Å². The average molecular weight is 326 g/mol. The van der Waals surface area contributed by atoms with Crippen LogP contribution in [0.2, 0.25) is 5.02 Å². The van der Waals surface area contributed by atoms with E-state index in [2.05, 4.69) is 5.32 Å². The highest BCUT2D eigenvalue weighted by Crippen LogP contribution is 2.34. The van der Waals surface area contributed by atoms with Gasteiger partial charge in [-0.25, -0.2) is 4.79 Å². The lowest BCUT2D eigenvalue weighted by molar-refractivity contribution is 0.0636. The molecule has 22 heavy (non-hydrogen) atoms. The Bertz CT molecular complexity index is 576. The molecule has 1 fully saturated rings. The predicted octanol–water partition coefficient (Wildman–Crippen LogP) is 4.29. The smallest absolute Gasteiger partial charge is 0.412 e. The van der Waals surface area contributed by atoms with Crippen LogP contribution >= 0.6 is 11.6 Å². The maximum Gasteiger partial charge on any atom is 0.412 e. The second-order valence-electron chi connectivity index (χ2n) is 6.37. The number of halogens is 1. The van der Waals surface area contributed by atoms with Crippen molar-refractivity contribution in [3.05, 3.63) is 22.7 Å². The van der Waals surface area contributed by atoms with Gasteiger partial charge in [-0.05, 0) is 45.6 Å². The van der Waals surface area contributed by atoms with Gasteiger partial charge in [0.15, 0.2) is 6.29 Å². The summed E-state index contributed by atoms with van der Waals surface area (Å²) in [4.78, 5) is 23.0. The number of anilines is 1. The number of hydrogen-bond donors (Lipinski definition) is 1. The lowest BCUT2D eigenvalue weighted by Gasteiger charge is -2.20. The van der Waals surface area contributed by atoms with Crippen LogP contribution < -0.4 is 10.1 Å². The normalized spacial score (nSPS) is 14.4. The molecule has 0 aliphatic heterocycles. The van der Waals surface area contributed by atoms with Gasteiger partial charge in [0.1, 0.15) is 11.4 Å². The van der Waals surface area contributed by atoms with Crippen LogP contribution in [-0.4, -0.2) is 24.6 Å². The summed E-state index contributed by atoms with van der Waals surface area (Å²) in [6, 6.07) is 3.03. The van der Waals surface area contributed by atoms with Crippen molar-refractivity contribution in [3.8, 4) is 5.75 Å². The Morgan fingerprint density at radius 1 is 1.41 bits per heavy atom. The highest BCUT2D eigenvalue weighted by molar-refractivity contribution is 6.32. The summed E-state index contributed by atoms with van der Waals surface area (Å²) in [6.07, 6.45) is 2.31. The lowest BCUT2D eigenvalue weighted by Crippen LogP contribution is -2.27. The molecule has 0 heterocycles. The van der Waals surface area contributed by atoms with Crippen LogP contribution in [0.15, 0.2) is 12.1 Å². The van der Waals surface area contributed by atoms with E-state index in [1.165, 1.54) is 6.07 Å². The van der Waals surface area contributed by atoms with Crippen LogP contribution in [-0.2, 0) is 4.74 Å². The van der Waals surface area contributed by atoms with Crippen LogP contribution in [0, 0.1) is 5.92 Å². The van der Waals surface area contributed by atoms with Crippen molar-refractivity contribution in [2.75, 3.05) is 11.9 Å². The van der Waals surface area contributed by atoms with E-state index in [1.807, 2.05) is 0 Å². The maximum atomic E-state index is 11.8. The summed E-state index contributed by atoms with van der Waals surface area (Å²) in [7, 11) is 0. The number of carbonyl (C=O) groups is 2. The molecular formula is C16H20ClNO4. The number of carbonyl (C=O) groups excluding carboxylic acids is 2. The minimum Gasteiger partial charge on any atom is -0.492 e. The van der Waals surface area contributed by atoms with Crippen LogP contribution in [0.25, 0.3) is 0 Å². The minimum atomic E-state index is -0.633. The van der Waals surface area contributed by atoms with Crippen molar-refractivity contribution in [1.82, 2.24) is 0 Å². The number of ether oxygens (including phenoxy) is 2. The van der Waals surface area contributed by atoms with Gasteiger partial charge in [-0.2, -0.15) is 0 Å².